The number of hydrogen-bond donors (Lipinski definition) is 1. The Morgan fingerprint density at radius 2 is 2.05 bits per heavy atom. The Balaban J connectivity index is 1.57. The van der Waals surface area contributed by atoms with E-state index in [1.165, 1.54) is 16.8 Å². The van der Waals surface area contributed by atoms with E-state index in [9.17, 15) is 8.42 Å². The lowest BCUT2D eigenvalue weighted by molar-refractivity contribution is 0.463. The Labute approximate surface area is 121 Å². The maximum Gasteiger partial charge on any atom is 0.150 e. The molecule has 2 heterocycles. The van der Waals surface area contributed by atoms with E-state index in [-0.39, 0.29) is 0 Å². The van der Waals surface area contributed by atoms with Crippen LogP contribution in [0, 0.1) is 0 Å². The van der Waals surface area contributed by atoms with Crippen LogP contribution in [0.2, 0.25) is 0 Å². The Bertz CT molecular complexity index is 584. The zero-order chi connectivity index (χ0) is 14.2. The number of sulfone groups is 1. The quantitative estimate of drug-likeness (QED) is 0.914. The molecule has 0 unspecified atom stereocenters. The smallest absolute Gasteiger partial charge is 0.150 e. The fraction of sp³-hybridized carbons (Fsp3) is 0.600. The number of likely N-dealkylation sites (N-methyl/N-ethyl adjacent to an activating group) is 1. The largest absolute Gasteiger partial charge is 0.374 e. The van der Waals surface area contributed by atoms with Gasteiger partial charge in [-0.2, -0.15) is 0 Å². The van der Waals surface area contributed by atoms with Gasteiger partial charge in [-0.15, -0.1) is 0 Å². The average Bonchev–Trinajstić information content (AvgIpc) is 2.79. The van der Waals surface area contributed by atoms with Crippen LogP contribution >= 0.6 is 0 Å². The van der Waals surface area contributed by atoms with Gasteiger partial charge in [0.05, 0.1) is 11.5 Å². The van der Waals surface area contributed by atoms with Crippen molar-refractivity contribution in [3.05, 3.63) is 29.3 Å². The number of anilines is 1. The van der Waals surface area contributed by atoms with Crippen LogP contribution in [0.5, 0.6) is 0 Å². The minimum atomic E-state index is -2.76. The molecule has 1 aromatic rings. The summed E-state index contributed by atoms with van der Waals surface area (Å²) in [4.78, 5) is 2.29. The zero-order valence-corrected chi connectivity index (χ0v) is 12.7. The molecule has 5 heteroatoms. The molecule has 20 heavy (non-hydrogen) atoms. The van der Waals surface area contributed by atoms with E-state index >= 15 is 0 Å². The average molecular weight is 294 g/mol. The molecule has 0 spiro atoms. The summed E-state index contributed by atoms with van der Waals surface area (Å²) in [6.07, 6.45) is 2.62. The van der Waals surface area contributed by atoms with Gasteiger partial charge in [-0.05, 0) is 36.5 Å². The Hall–Kier alpha value is -1.07. The van der Waals surface area contributed by atoms with Crippen molar-refractivity contribution in [3.63, 3.8) is 0 Å². The molecule has 0 radical (unpaired) electrons. The van der Waals surface area contributed by atoms with Gasteiger partial charge in [0.1, 0.15) is 9.84 Å². The highest BCUT2D eigenvalue weighted by atomic mass is 32.2. The first kappa shape index (κ1) is 13.9. The van der Waals surface area contributed by atoms with E-state index in [4.69, 9.17) is 0 Å². The van der Waals surface area contributed by atoms with Crippen molar-refractivity contribution in [1.29, 1.82) is 0 Å². The van der Waals surface area contributed by atoms with Gasteiger partial charge in [-0.1, -0.05) is 12.1 Å². The zero-order valence-electron chi connectivity index (χ0n) is 11.9. The van der Waals surface area contributed by atoms with E-state index in [0.29, 0.717) is 17.5 Å². The summed E-state index contributed by atoms with van der Waals surface area (Å²) in [7, 11) is -0.627. The molecular weight excluding hydrogens is 272 g/mol. The fourth-order valence-corrected chi connectivity index (χ4v) is 4.58. The molecule has 0 amide bonds. The molecule has 2 aliphatic heterocycles. The van der Waals surface area contributed by atoms with Gasteiger partial charge >= 0.3 is 0 Å². The maximum atomic E-state index is 11.4. The van der Waals surface area contributed by atoms with Gasteiger partial charge in [0.15, 0.2) is 0 Å². The SMILES string of the molecule is CN1CCc2cc(CNC3CCS(=O)(=O)CC3)ccc21. The minimum Gasteiger partial charge on any atom is -0.374 e. The highest BCUT2D eigenvalue weighted by Gasteiger charge is 2.23. The van der Waals surface area contributed by atoms with E-state index in [0.717, 1.165) is 32.4 Å². The van der Waals surface area contributed by atoms with Crippen LogP contribution in [0.1, 0.15) is 24.0 Å². The second-order valence-corrected chi connectivity index (χ2v) is 8.25. The van der Waals surface area contributed by atoms with E-state index in [1.54, 1.807) is 0 Å². The molecule has 1 fully saturated rings. The molecule has 1 saturated heterocycles. The van der Waals surface area contributed by atoms with Crippen molar-refractivity contribution in [2.75, 3.05) is 30.0 Å². The highest BCUT2D eigenvalue weighted by Crippen LogP contribution is 2.27. The van der Waals surface area contributed by atoms with Gasteiger partial charge < -0.3 is 10.2 Å². The normalized spacial score (nSPS) is 21.9. The van der Waals surface area contributed by atoms with Crippen LogP contribution in [0.25, 0.3) is 0 Å². The van der Waals surface area contributed by atoms with Crippen LogP contribution < -0.4 is 10.2 Å². The fourth-order valence-electron chi connectivity index (χ4n) is 3.09. The van der Waals surface area contributed by atoms with Gasteiger partial charge in [0.25, 0.3) is 0 Å². The van der Waals surface area contributed by atoms with E-state index in [1.807, 2.05) is 0 Å². The van der Waals surface area contributed by atoms with Crippen molar-refractivity contribution in [3.8, 4) is 0 Å². The molecule has 110 valence electrons. The second-order valence-electron chi connectivity index (χ2n) is 5.94. The van der Waals surface area contributed by atoms with Gasteiger partial charge in [-0.25, -0.2) is 8.42 Å². The van der Waals surface area contributed by atoms with Crippen molar-refractivity contribution < 1.29 is 8.42 Å². The monoisotopic (exact) mass is 294 g/mol. The molecule has 4 nitrogen and oxygen atoms in total. The lowest BCUT2D eigenvalue weighted by Gasteiger charge is -2.23. The number of benzene rings is 1. The third kappa shape index (κ3) is 2.99. The Kier molecular flexibility index (Phi) is 3.73. The summed E-state index contributed by atoms with van der Waals surface area (Å²) in [5, 5.41) is 3.50. The summed E-state index contributed by atoms with van der Waals surface area (Å²) < 4.78 is 22.8. The Morgan fingerprint density at radius 1 is 1.30 bits per heavy atom. The van der Waals surface area contributed by atoms with Crippen LogP contribution in [0.3, 0.4) is 0 Å². The maximum absolute atomic E-state index is 11.4. The highest BCUT2D eigenvalue weighted by molar-refractivity contribution is 7.91. The minimum absolute atomic E-state index is 0.333. The first-order chi connectivity index (χ1) is 9.53. The summed E-state index contributed by atoms with van der Waals surface area (Å²) in [6, 6.07) is 7.00. The molecule has 0 saturated carbocycles. The van der Waals surface area contributed by atoms with Crippen LogP contribution in [0.4, 0.5) is 5.69 Å². The molecule has 1 N–H and O–H groups in total. The van der Waals surface area contributed by atoms with Crippen molar-refractivity contribution in [2.45, 2.75) is 31.8 Å². The van der Waals surface area contributed by atoms with Crippen molar-refractivity contribution >= 4 is 15.5 Å². The predicted octanol–water partition coefficient (Wildman–Crippen LogP) is 1.35. The molecule has 0 bridgehead atoms. The second kappa shape index (κ2) is 5.37. The van der Waals surface area contributed by atoms with Crippen molar-refractivity contribution in [2.24, 2.45) is 0 Å². The molecule has 1 aromatic carbocycles. The topological polar surface area (TPSA) is 49.4 Å². The molecular formula is C15H22N2O2S. The molecule has 0 atom stereocenters. The van der Waals surface area contributed by atoms with Gasteiger partial charge in [0.2, 0.25) is 0 Å². The Morgan fingerprint density at radius 3 is 2.80 bits per heavy atom. The molecule has 0 aromatic heterocycles. The predicted molar refractivity (Wildman–Crippen MR) is 81.9 cm³/mol. The lowest BCUT2D eigenvalue weighted by Crippen LogP contribution is -2.37. The van der Waals surface area contributed by atoms with Crippen LogP contribution in [-0.4, -0.2) is 39.6 Å². The summed E-state index contributed by atoms with van der Waals surface area (Å²) in [5.74, 6) is 0.666. The summed E-state index contributed by atoms with van der Waals surface area (Å²) in [5.41, 5.74) is 4.07. The number of fused-ring (bicyclic) bond motifs is 1. The number of nitrogens with zero attached hydrogens (tertiary/aromatic N) is 1. The van der Waals surface area contributed by atoms with E-state index in [2.05, 4.69) is 35.5 Å². The lowest BCUT2D eigenvalue weighted by atomic mass is 10.1. The number of rotatable bonds is 3. The van der Waals surface area contributed by atoms with Crippen LogP contribution in [0.15, 0.2) is 18.2 Å². The molecule has 0 aliphatic carbocycles. The van der Waals surface area contributed by atoms with Gasteiger partial charge in [-0.3, -0.25) is 0 Å². The van der Waals surface area contributed by atoms with E-state index < -0.39 is 9.84 Å². The first-order valence-corrected chi connectivity index (χ1v) is 9.12. The number of hydrogen-bond acceptors (Lipinski definition) is 4. The van der Waals surface area contributed by atoms with Gasteiger partial charge in [0, 0.05) is 31.9 Å². The third-order valence-corrected chi connectivity index (χ3v) is 6.14. The number of nitrogens with one attached hydrogen (secondary N) is 1. The molecule has 3 rings (SSSR count). The third-order valence-electron chi connectivity index (χ3n) is 4.42. The van der Waals surface area contributed by atoms with Crippen molar-refractivity contribution in [1.82, 2.24) is 5.32 Å². The standard InChI is InChI=1S/C15H22N2O2S/c1-17-7-4-13-10-12(2-3-15(13)17)11-16-14-5-8-20(18,19)9-6-14/h2-3,10,14,16H,4-9,11H2,1H3. The summed E-state index contributed by atoms with van der Waals surface area (Å²) in [6.45, 7) is 1.94. The first-order valence-electron chi connectivity index (χ1n) is 7.30. The molecule has 2 aliphatic rings. The van der Waals surface area contributed by atoms with Crippen LogP contribution in [-0.2, 0) is 22.8 Å². The summed E-state index contributed by atoms with van der Waals surface area (Å²) >= 11 is 0.